The minimum Gasteiger partial charge on any atom is -0.497 e. The number of H-pyrrole nitrogens is 2. The van der Waals surface area contributed by atoms with Crippen LogP contribution in [0.1, 0.15) is 210 Å². The summed E-state index contributed by atoms with van der Waals surface area (Å²) in [4.78, 5) is 90.1. The van der Waals surface area contributed by atoms with Gasteiger partial charge in [-0.05, 0) is 286 Å². The van der Waals surface area contributed by atoms with Crippen molar-refractivity contribution >= 4 is 47.5 Å². The summed E-state index contributed by atoms with van der Waals surface area (Å²) in [7, 11) is 1.68. The van der Waals surface area contributed by atoms with E-state index in [0.717, 1.165) is 181 Å². The minimum absolute atomic E-state index is 0.0295. The molecule has 5 spiro atoms. The predicted octanol–water partition coefficient (Wildman–Crippen LogP) is 20.0. The Morgan fingerprint density at radius 2 is 0.845 bits per heavy atom. The van der Waals surface area contributed by atoms with Crippen molar-refractivity contribution in [2.24, 2.45) is 37.9 Å². The second kappa shape index (κ2) is 47.0. The lowest BCUT2D eigenvalue weighted by molar-refractivity contribution is 0.0219. The van der Waals surface area contributed by atoms with Gasteiger partial charge >= 0.3 is 12.2 Å². The van der Waals surface area contributed by atoms with Crippen LogP contribution in [0.2, 0.25) is 0 Å². The quantitative estimate of drug-likeness (QED) is 0.0366. The molecular formula is C121H158N16O11. The summed E-state index contributed by atoms with van der Waals surface area (Å²) < 4.78 is 38.7. The van der Waals surface area contributed by atoms with Crippen LogP contribution < -0.4 is 60.6 Å². The number of alkyl carbamates (subject to hydrolysis) is 1. The number of allylic oxidation sites excluding steroid dienone is 2. The molecule has 11 heterocycles. The molecule has 0 bridgehead atoms. The summed E-state index contributed by atoms with van der Waals surface area (Å²) >= 11 is 0. The molecular weight excluding hydrogens is 1850 g/mol. The average Bonchev–Trinajstić information content (AvgIpc) is 1.59. The molecule has 24 rings (SSSR count). The molecule has 148 heavy (non-hydrogen) atoms. The molecule has 15 fully saturated rings. The fraction of sp³-hybridized carbons (Fsp3) is 0.545. The summed E-state index contributed by atoms with van der Waals surface area (Å²) in [6.07, 6.45) is 34.1. The minimum atomic E-state index is -0.423. The average molecular weight is 2010 g/mol. The first kappa shape index (κ1) is 106. The van der Waals surface area contributed by atoms with Crippen LogP contribution in [-0.2, 0) is 62.4 Å². The number of carbonyl (C=O) groups is 2. The molecule has 9 aromatic rings. The third-order valence-electron chi connectivity index (χ3n) is 32.5. The standard InChI is InChI=1S/C29H34N4O3.2C21H26N4O2.C18H25NO2.C13H17N.C12H21NO2.C7H9N/c1-34-25-9-7-23(8-10-25)20-36-27-18-26(32-13-15-35-16-14-32)30-28(31-27)33-21-29(11-12-29)19-24(33)17-22-5-3-2-4-6-22;2*26-19-13-18(24-8-10-27-11-9-24)22-20(23-19)25-15-21(6-7-21)14-17(25)12-16-4-2-1-3-5-16;1-17(2,3)21-16(20)19-13-18(9-10-18)12-15(19)11-14-7-5-4-6-8-14;1-2-4-11(5-3-1)8-12-9-13(6-7-13)10-14-12;1-5-6-12(7-8-12)9-13-10(14)15-11(2,3)4;1-2-3-7(6-8)4-5-7/h2-10,18,24H,11-17,19-21H2,1H3;2*1-5,13,17H,6-12,14-15H2,(H,22,23,26);4-8,15H,9-13H2,1-3H3;1-5,12,14H,6-10H2;5H,1,6-9H2,2-4H3,(H,13,14);2H,1,3-5H2/t;2*17-;;;;/m.10..../s1. The third kappa shape index (κ3) is 29.8. The molecule has 2 amide bonds. The number of aromatic nitrogens is 6. The Hall–Kier alpha value is -12.1. The molecule has 8 aliphatic heterocycles. The molecule has 27 heteroatoms. The number of nitriles is 1. The highest BCUT2D eigenvalue weighted by atomic mass is 16.6. The van der Waals surface area contributed by atoms with Crippen molar-refractivity contribution in [3.8, 4) is 17.7 Å². The lowest BCUT2D eigenvalue weighted by Crippen LogP contribution is -2.40. The first-order valence-corrected chi connectivity index (χ1v) is 54.7. The number of rotatable bonds is 26. The van der Waals surface area contributed by atoms with Gasteiger partial charge in [-0.1, -0.05) is 176 Å². The monoisotopic (exact) mass is 2010 g/mol. The zero-order valence-corrected chi connectivity index (χ0v) is 88.6. The van der Waals surface area contributed by atoms with Crippen molar-refractivity contribution in [2.75, 3.05) is 155 Å². The lowest BCUT2D eigenvalue weighted by Gasteiger charge is -2.30. The van der Waals surface area contributed by atoms with Crippen molar-refractivity contribution in [1.29, 1.82) is 5.26 Å². The Kier molecular flexibility index (Phi) is 33.6. The summed E-state index contributed by atoms with van der Waals surface area (Å²) in [5, 5.41) is 15.0. The molecule has 7 saturated carbocycles. The topological polar surface area (TPSA) is 287 Å². The first-order valence-electron chi connectivity index (χ1n) is 54.7. The van der Waals surface area contributed by atoms with E-state index in [1.807, 2.05) is 95.0 Å². The van der Waals surface area contributed by atoms with E-state index in [-0.39, 0.29) is 40.2 Å². The maximum Gasteiger partial charge on any atom is 0.410 e. The van der Waals surface area contributed by atoms with Crippen molar-refractivity contribution in [1.82, 2.24) is 45.4 Å². The van der Waals surface area contributed by atoms with E-state index in [2.05, 4.69) is 215 Å². The van der Waals surface area contributed by atoms with Gasteiger partial charge in [0.05, 0.1) is 58.2 Å². The number of hydrogen-bond donors (Lipinski definition) is 4. The zero-order valence-electron chi connectivity index (χ0n) is 88.6. The highest BCUT2D eigenvalue weighted by molar-refractivity contribution is 5.70. The molecule has 7 aliphatic carbocycles. The summed E-state index contributed by atoms with van der Waals surface area (Å²) in [5.41, 5.74) is 9.67. The van der Waals surface area contributed by atoms with Gasteiger partial charge < -0.3 is 78.1 Å². The summed E-state index contributed by atoms with van der Waals surface area (Å²) in [5.74, 6) is 6.16. The van der Waals surface area contributed by atoms with E-state index in [0.29, 0.717) is 98.5 Å². The Balaban J connectivity index is 0.000000117. The largest absolute Gasteiger partial charge is 0.497 e. The Bertz CT molecular complexity index is 5870. The summed E-state index contributed by atoms with van der Waals surface area (Å²) in [6, 6.07) is 71.0. The van der Waals surface area contributed by atoms with E-state index < -0.39 is 11.2 Å². The highest BCUT2D eigenvalue weighted by Crippen LogP contribution is 2.60. The van der Waals surface area contributed by atoms with Gasteiger partial charge in [-0.15, -0.1) is 13.2 Å². The molecule has 5 atom stereocenters. The van der Waals surface area contributed by atoms with Crippen LogP contribution in [-0.4, -0.2) is 214 Å². The fourth-order valence-electron chi connectivity index (χ4n) is 22.8. The molecule has 27 nitrogen and oxygen atoms in total. The second-order valence-corrected chi connectivity index (χ2v) is 47.0. The van der Waals surface area contributed by atoms with Crippen molar-refractivity contribution < 1.29 is 42.7 Å². The maximum atomic E-state index is 12.5. The van der Waals surface area contributed by atoms with E-state index in [1.165, 1.54) is 144 Å². The number of morpholine rings is 3. The molecule has 4 N–H and O–H groups in total. The van der Waals surface area contributed by atoms with Gasteiger partial charge in [-0.3, -0.25) is 19.6 Å². The number of carbonyl (C=O) groups excluding carboxylic acids is 2. The molecule has 0 radical (unpaired) electrons. The number of anilines is 6. The fourth-order valence-corrected chi connectivity index (χ4v) is 22.8. The molecule has 788 valence electrons. The Morgan fingerprint density at radius 3 is 1.22 bits per heavy atom. The predicted molar refractivity (Wildman–Crippen MR) is 585 cm³/mol. The van der Waals surface area contributed by atoms with Crippen LogP contribution in [0.3, 0.4) is 0 Å². The van der Waals surface area contributed by atoms with Crippen molar-refractivity contribution in [3.63, 3.8) is 0 Å². The number of methoxy groups -OCH3 is 1. The highest BCUT2D eigenvalue weighted by Gasteiger charge is 2.57. The van der Waals surface area contributed by atoms with Gasteiger partial charge in [0.2, 0.25) is 23.7 Å². The number of nitrogens with zero attached hydrogens (tertiary/aromatic N) is 12. The number of benzene rings is 6. The van der Waals surface area contributed by atoms with Gasteiger partial charge in [0.15, 0.2) is 0 Å². The van der Waals surface area contributed by atoms with Crippen LogP contribution in [0, 0.1) is 49.2 Å². The molecule has 6 aromatic carbocycles. The Morgan fingerprint density at radius 1 is 0.453 bits per heavy atom. The van der Waals surface area contributed by atoms with Gasteiger partial charge in [0.25, 0.3) is 11.1 Å². The number of nitrogens with one attached hydrogen (secondary N) is 4. The first-order chi connectivity index (χ1) is 71.5. The number of hydrogen-bond acceptors (Lipinski definition) is 23. The number of likely N-dealkylation sites (tertiary alicyclic amines) is 1. The van der Waals surface area contributed by atoms with Gasteiger partial charge in [-0.2, -0.15) is 25.2 Å². The van der Waals surface area contributed by atoms with E-state index in [1.54, 1.807) is 19.2 Å². The van der Waals surface area contributed by atoms with E-state index >= 15 is 0 Å². The van der Waals surface area contributed by atoms with Gasteiger partial charge in [-0.25, -0.2) is 9.59 Å². The normalized spacial score (nSPS) is 22.6. The van der Waals surface area contributed by atoms with Crippen LogP contribution in [0.15, 0.2) is 229 Å². The van der Waals surface area contributed by atoms with Crippen molar-refractivity contribution in [2.45, 2.75) is 257 Å². The number of aromatic amines is 2. The third-order valence-corrected chi connectivity index (χ3v) is 32.5. The molecule has 3 unspecified atom stereocenters. The van der Waals surface area contributed by atoms with E-state index in [4.69, 9.17) is 58.4 Å². The maximum absolute atomic E-state index is 12.5. The van der Waals surface area contributed by atoms with Crippen molar-refractivity contribution in [3.05, 3.63) is 274 Å². The van der Waals surface area contributed by atoms with Gasteiger partial charge in [0, 0.05) is 127 Å². The summed E-state index contributed by atoms with van der Waals surface area (Å²) in [6.45, 7) is 34.0. The number of ether oxygens (including phenoxy) is 7. The molecule has 3 aromatic heterocycles. The second-order valence-electron chi connectivity index (χ2n) is 47.0. The van der Waals surface area contributed by atoms with Crippen LogP contribution in [0.4, 0.5) is 44.9 Å². The molecule has 8 saturated heterocycles. The zero-order chi connectivity index (χ0) is 103. The van der Waals surface area contributed by atoms with Gasteiger partial charge in [0.1, 0.15) is 41.0 Å². The SMILES string of the molecule is C=CCC1(C#N)CC1.C=CCC1(CNC(=O)OC(C)(C)C)CC1.CC(C)(C)OC(=O)N1CC2(CC2)CC1Cc1ccccc1.COc1ccc(COc2cc(N3CCOCC3)nc(N3CC4(CC4)CC3Cc3ccccc3)n2)cc1.O=c1cc(N2CCOCC2)nc(N2CC3(CC3)C[C@@H]2Cc2ccccc2)[nH]1.O=c1cc(N2CCOCC2)nc(N2CC3(CC3)C[C@H]2Cc2ccccc2)[nH]1.c1ccc(CC2CC3(CC3)CN2)cc1. The van der Waals surface area contributed by atoms with E-state index in [9.17, 15) is 19.2 Å². The van der Waals surface area contributed by atoms with Crippen LogP contribution in [0.5, 0.6) is 11.6 Å². The van der Waals surface area contributed by atoms with Crippen LogP contribution in [0.25, 0.3) is 0 Å². The number of amides is 2. The smallest absolute Gasteiger partial charge is 0.410 e. The molecule has 15 aliphatic rings. The lowest BCUT2D eigenvalue weighted by atomic mass is 9.98. The Labute approximate surface area is 876 Å². The van der Waals surface area contributed by atoms with Crippen LogP contribution >= 0.6 is 0 Å².